The maximum atomic E-state index is 11.6. The minimum absolute atomic E-state index is 0.0229. The lowest BCUT2D eigenvalue weighted by Gasteiger charge is -2.28. The van der Waals surface area contributed by atoms with Crippen LogP contribution in [0.15, 0.2) is 54.6 Å². The van der Waals surface area contributed by atoms with Crippen LogP contribution in [0.25, 0.3) is 22.4 Å². The van der Waals surface area contributed by atoms with E-state index in [0.29, 0.717) is 27.6 Å². The smallest absolute Gasteiger partial charge is 0.311 e. The first-order chi connectivity index (χ1) is 17.4. The summed E-state index contributed by atoms with van der Waals surface area (Å²) < 4.78 is 11.3. The number of fused-ring (bicyclic) bond motifs is 1. The fraction of sp³-hybridized carbons (Fsp3) is 0.296. The van der Waals surface area contributed by atoms with E-state index >= 15 is 0 Å². The van der Waals surface area contributed by atoms with Crippen molar-refractivity contribution in [3.8, 4) is 23.0 Å². The molecule has 0 spiro atoms. The van der Waals surface area contributed by atoms with Crippen molar-refractivity contribution < 1.29 is 19.4 Å². The molecule has 1 aliphatic heterocycles. The van der Waals surface area contributed by atoms with Crippen LogP contribution in [-0.2, 0) is 9.53 Å². The summed E-state index contributed by atoms with van der Waals surface area (Å²) in [5.74, 6) is -0.899. The number of pyridine rings is 1. The van der Waals surface area contributed by atoms with Gasteiger partial charge in [-0.3, -0.25) is 4.79 Å². The number of morpholine rings is 1. The topological polar surface area (TPSA) is 101 Å². The molecule has 8 nitrogen and oxygen atoms in total. The summed E-state index contributed by atoms with van der Waals surface area (Å²) in [6.45, 7) is 7.01. The Morgan fingerprint density at radius 1 is 1.08 bits per heavy atom. The monoisotopic (exact) mass is 506 g/mol. The summed E-state index contributed by atoms with van der Waals surface area (Å²) in [5, 5.41) is 10.0. The molecule has 1 atom stereocenters. The number of ether oxygens (including phenoxy) is 2. The lowest BCUT2D eigenvalue weighted by Crippen LogP contribution is -2.36. The highest BCUT2D eigenvalue weighted by Crippen LogP contribution is 2.32. The van der Waals surface area contributed by atoms with Crippen LogP contribution in [0.3, 0.4) is 0 Å². The van der Waals surface area contributed by atoms with Gasteiger partial charge in [-0.15, -0.1) is 0 Å². The van der Waals surface area contributed by atoms with Crippen molar-refractivity contribution in [1.82, 2.24) is 15.0 Å². The van der Waals surface area contributed by atoms with E-state index in [1.54, 1.807) is 30.3 Å². The summed E-state index contributed by atoms with van der Waals surface area (Å²) in [6, 6.07) is 17.2. The molecule has 186 valence electrons. The highest BCUT2D eigenvalue weighted by molar-refractivity contribution is 6.33. The number of aliphatic carboxylic acids is 1. The Balaban J connectivity index is 1.35. The Morgan fingerprint density at radius 3 is 2.42 bits per heavy atom. The standard InChI is InChI=1S/C27H27ClN4O4/c1-16(2)23(26(33)34)17-5-9-20(10-6-17)36-27-29-22-15-21(28)24(30-25(22)31-27)18-3-7-19(8-4-18)32-11-13-35-14-12-32/h3-10,15-16,23H,11-14H2,1-2H3,(H,33,34)(H,29,30,31). The number of halogens is 1. The molecule has 36 heavy (non-hydrogen) atoms. The number of carboxylic acids is 1. The van der Waals surface area contributed by atoms with E-state index in [2.05, 4.69) is 32.0 Å². The number of hydrogen-bond acceptors (Lipinski definition) is 6. The van der Waals surface area contributed by atoms with Crippen LogP contribution in [0.4, 0.5) is 5.69 Å². The maximum absolute atomic E-state index is 11.6. The second-order valence-corrected chi connectivity index (χ2v) is 9.52. The number of anilines is 1. The minimum Gasteiger partial charge on any atom is -0.481 e. The molecule has 1 fully saturated rings. The first-order valence-electron chi connectivity index (χ1n) is 11.9. The van der Waals surface area contributed by atoms with Crippen LogP contribution in [0.1, 0.15) is 25.3 Å². The summed E-state index contributed by atoms with van der Waals surface area (Å²) in [6.07, 6.45) is 0. The van der Waals surface area contributed by atoms with Crippen molar-refractivity contribution in [2.45, 2.75) is 19.8 Å². The Bertz CT molecular complexity index is 1360. The summed E-state index contributed by atoms with van der Waals surface area (Å²) in [5.41, 5.74) is 4.57. The van der Waals surface area contributed by atoms with E-state index in [1.165, 1.54) is 0 Å². The zero-order chi connectivity index (χ0) is 25.2. The van der Waals surface area contributed by atoms with Gasteiger partial charge in [0.25, 0.3) is 0 Å². The highest BCUT2D eigenvalue weighted by atomic mass is 35.5. The van der Waals surface area contributed by atoms with Crippen molar-refractivity contribution in [2.75, 3.05) is 31.2 Å². The van der Waals surface area contributed by atoms with Crippen LogP contribution in [0, 0.1) is 5.92 Å². The average molecular weight is 507 g/mol. The largest absolute Gasteiger partial charge is 0.481 e. The predicted molar refractivity (Wildman–Crippen MR) is 139 cm³/mol. The maximum Gasteiger partial charge on any atom is 0.311 e. The molecule has 4 aromatic rings. The normalized spacial score (nSPS) is 14.8. The fourth-order valence-electron chi connectivity index (χ4n) is 4.47. The van der Waals surface area contributed by atoms with Gasteiger partial charge in [0.05, 0.1) is 35.4 Å². The molecule has 0 bridgehead atoms. The number of imidazole rings is 1. The average Bonchev–Trinajstić information content (AvgIpc) is 3.26. The van der Waals surface area contributed by atoms with Gasteiger partial charge < -0.3 is 24.5 Å². The molecule has 9 heteroatoms. The highest BCUT2D eigenvalue weighted by Gasteiger charge is 2.23. The predicted octanol–water partition coefficient (Wildman–Crippen LogP) is 5.73. The summed E-state index contributed by atoms with van der Waals surface area (Å²) in [7, 11) is 0. The van der Waals surface area contributed by atoms with E-state index in [0.717, 1.165) is 43.1 Å². The van der Waals surface area contributed by atoms with Crippen molar-refractivity contribution in [2.24, 2.45) is 5.92 Å². The molecule has 0 aliphatic carbocycles. The zero-order valence-electron chi connectivity index (χ0n) is 20.1. The third kappa shape index (κ3) is 5.01. The lowest BCUT2D eigenvalue weighted by molar-refractivity contribution is -0.139. The third-order valence-corrected chi connectivity index (χ3v) is 6.60. The van der Waals surface area contributed by atoms with E-state index in [9.17, 15) is 9.90 Å². The number of rotatable bonds is 7. The van der Waals surface area contributed by atoms with E-state index in [1.807, 2.05) is 26.0 Å². The molecule has 0 saturated carbocycles. The first kappa shape index (κ1) is 24.1. The van der Waals surface area contributed by atoms with Gasteiger partial charge in [-0.2, -0.15) is 4.98 Å². The minimum atomic E-state index is -0.842. The molecule has 0 radical (unpaired) electrons. The number of H-pyrrole nitrogens is 1. The number of hydrogen-bond donors (Lipinski definition) is 2. The molecule has 5 rings (SSSR count). The molecule has 3 heterocycles. The van der Waals surface area contributed by atoms with Crippen LogP contribution in [-0.4, -0.2) is 52.3 Å². The Kier molecular flexibility index (Phi) is 6.80. The van der Waals surface area contributed by atoms with Gasteiger partial charge in [-0.1, -0.05) is 49.7 Å². The molecular weight excluding hydrogens is 480 g/mol. The molecule has 1 aliphatic rings. The molecule has 2 aromatic heterocycles. The van der Waals surface area contributed by atoms with Gasteiger partial charge in [0.2, 0.25) is 0 Å². The SMILES string of the molecule is CC(C)C(C(=O)O)c1ccc(Oc2nc3nc(-c4ccc(N5CCOCC5)cc4)c(Cl)cc3[nH]2)cc1. The Hall–Kier alpha value is -3.62. The fourth-order valence-corrected chi connectivity index (χ4v) is 4.73. The van der Waals surface area contributed by atoms with E-state index < -0.39 is 11.9 Å². The Morgan fingerprint density at radius 2 is 1.78 bits per heavy atom. The van der Waals surface area contributed by atoms with Crippen molar-refractivity contribution in [3.05, 3.63) is 65.2 Å². The number of nitrogens with zero attached hydrogens (tertiary/aromatic N) is 3. The molecule has 1 unspecified atom stereocenters. The van der Waals surface area contributed by atoms with E-state index in [-0.39, 0.29) is 11.9 Å². The third-order valence-electron chi connectivity index (χ3n) is 6.31. The molecule has 0 amide bonds. The van der Waals surface area contributed by atoms with Crippen molar-refractivity contribution in [3.63, 3.8) is 0 Å². The van der Waals surface area contributed by atoms with Crippen molar-refractivity contribution >= 4 is 34.4 Å². The number of carboxylic acid groups (broad SMARTS) is 1. The quantitative estimate of drug-likeness (QED) is 0.330. The number of aromatic nitrogens is 3. The summed E-state index contributed by atoms with van der Waals surface area (Å²) in [4.78, 5) is 26.1. The molecule has 2 N–H and O–H groups in total. The van der Waals surface area contributed by atoms with Crippen LogP contribution in [0.2, 0.25) is 5.02 Å². The number of aromatic amines is 1. The zero-order valence-corrected chi connectivity index (χ0v) is 20.8. The number of carbonyl (C=O) groups is 1. The number of benzene rings is 2. The second-order valence-electron chi connectivity index (χ2n) is 9.11. The van der Waals surface area contributed by atoms with Gasteiger partial charge in [-0.25, -0.2) is 4.98 Å². The van der Waals surface area contributed by atoms with Crippen LogP contribution < -0.4 is 9.64 Å². The second kappa shape index (κ2) is 10.2. The van der Waals surface area contributed by atoms with Crippen LogP contribution >= 0.6 is 11.6 Å². The lowest BCUT2D eigenvalue weighted by atomic mass is 9.88. The summed E-state index contributed by atoms with van der Waals surface area (Å²) >= 11 is 6.57. The van der Waals surface area contributed by atoms with Gasteiger partial charge >= 0.3 is 12.0 Å². The van der Waals surface area contributed by atoms with Crippen LogP contribution in [0.5, 0.6) is 11.8 Å². The van der Waals surface area contributed by atoms with Gasteiger partial charge in [0.1, 0.15) is 5.75 Å². The Labute approximate surface area is 213 Å². The molecule has 2 aromatic carbocycles. The van der Waals surface area contributed by atoms with Crippen molar-refractivity contribution in [1.29, 1.82) is 0 Å². The van der Waals surface area contributed by atoms with Gasteiger partial charge in [-0.05, 0) is 41.8 Å². The first-order valence-corrected chi connectivity index (χ1v) is 12.3. The molecule has 1 saturated heterocycles. The number of nitrogens with one attached hydrogen (secondary N) is 1. The van der Waals surface area contributed by atoms with Gasteiger partial charge in [0.15, 0.2) is 5.65 Å². The van der Waals surface area contributed by atoms with Gasteiger partial charge in [0, 0.05) is 24.3 Å². The van der Waals surface area contributed by atoms with E-state index in [4.69, 9.17) is 21.1 Å². The molecular formula is C27H27ClN4O4.